The standard InChI is InChI=1S/C25H23N3O2/c1-17-9-10-23-20(12-17)13-21(24(29)27-23)16-28(15-19-7-5-11-26-14-19)25(30)22-8-4-3-6-18(22)2/h3-14H,15-16H2,1-2H3,(H,27,29). The molecular weight excluding hydrogens is 374 g/mol. The van der Waals surface area contributed by atoms with Crippen LogP contribution in [0, 0.1) is 13.8 Å². The van der Waals surface area contributed by atoms with E-state index in [1.807, 2.05) is 74.5 Å². The molecule has 0 saturated heterocycles. The summed E-state index contributed by atoms with van der Waals surface area (Å²) in [5.74, 6) is -0.110. The molecule has 2 aromatic carbocycles. The summed E-state index contributed by atoms with van der Waals surface area (Å²) in [6, 6.07) is 19.1. The number of rotatable bonds is 5. The Labute approximate surface area is 175 Å². The zero-order chi connectivity index (χ0) is 21.1. The minimum Gasteiger partial charge on any atom is -0.330 e. The quantitative estimate of drug-likeness (QED) is 0.543. The molecule has 1 amide bonds. The van der Waals surface area contributed by atoms with Gasteiger partial charge >= 0.3 is 0 Å². The molecule has 0 radical (unpaired) electrons. The monoisotopic (exact) mass is 397 g/mol. The van der Waals surface area contributed by atoms with Gasteiger partial charge < -0.3 is 9.88 Å². The van der Waals surface area contributed by atoms with Crippen molar-refractivity contribution in [3.63, 3.8) is 0 Å². The average molecular weight is 397 g/mol. The van der Waals surface area contributed by atoms with Gasteiger partial charge in [-0.1, -0.05) is 35.9 Å². The maximum Gasteiger partial charge on any atom is 0.254 e. The van der Waals surface area contributed by atoms with E-state index in [9.17, 15) is 9.59 Å². The van der Waals surface area contributed by atoms with E-state index in [-0.39, 0.29) is 18.0 Å². The highest BCUT2D eigenvalue weighted by Gasteiger charge is 2.20. The fourth-order valence-electron chi connectivity index (χ4n) is 3.59. The molecule has 0 unspecified atom stereocenters. The highest BCUT2D eigenvalue weighted by molar-refractivity contribution is 5.95. The van der Waals surface area contributed by atoms with Crippen LogP contribution in [0.15, 0.2) is 77.9 Å². The normalized spacial score (nSPS) is 10.9. The number of carbonyl (C=O) groups excluding carboxylic acids is 1. The lowest BCUT2D eigenvalue weighted by Crippen LogP contribution is -2.33. The van der Waals surface area contributed by atoms with Crippen LogP contribution in [0.2, 0.25) is 0 Å². The second-order valence-corrected chi connectivity index (χ2v) is 7.55. The summed E-state index contributed by atoms with van der Waals surface area (Å²) in [6.45, 7) is 4.51. The van der Waals surface area contributed by atoms with Crippen LogP contribution >= 0.6 is 0 Å². The second-order valence-electron chi connectivity index (χ2n) is 7.55. The minimum atomic E-state index is -0.180. The number of aryl methyl sites for hydroxylation is 2. The van der Waals surface area contributed by atoms with Crippen LogP contribution in [0.3, 0.4) is 0 Å². The van der Waals surface area contributed by atoms with Crippen LogP contribution in [-0.4, -0.2) is 20.8 Å². The highest BCUT2D eigenvalue weighted by atomic mass is 16.2. The van der Waals surface area contributed by atoms with Gasteiger partial charge in [-0.2, -0.15) is 0 Å². The SMILES string of the molecule is Cc1ccc2[nH]c(=O)c(CN(Cc3cccnc3)C(=O)c3ccccc3C)cc2c1. The maximum atomic E-state index is 13.4. The smallest absolute Gasteiger partial charge is 0.254 e. The first-order valence-corrected chi connectivity index (χ1v) is 9.87. The molecule has 0 aliphatic heterocycles. The Hall–Kier alpha value is -3.73. The molecule has 0 aliphatic rings. The molecule has 0 bridgehead atoms. The van der Waals surface area contributed by atoms with Crippen molar-refractivity contribution in [3.05, 3.63) is 111 Å². The Bertz CT molecular complexity index is 1260. The molecule has 5 heteroatoms. The third-order valence-electron chi connectivity index (χ3n) is 5.20. The van der Waals surface area contributed by atoms with Crippen LogP contribution < -0.4 is 5.56 Å². The van der Waals surface area contributed by atoms with Gasteiger partial charge in [0.05, 0.1) is 6.54 Å². The van der Waals surface area contributed by atoms with Crippen LogP contribution in [0.1, 0.15) is 32.6 Å². The van der Waals surface area contributed by atoms with E-state index in [0.29, 0.717) is 17.7 Å². The number of amides is 1. The summed E-state index contributed by atoms with van der Waals surface area (Å²) in [6.07, 6.45) is 3.44. The first-order chi connectivity index (χ1) is 14.5. The van der Waals surface area contributed by atoms with Crippen LogP contribution in [-0.2, 0) is 13.1 Å². The first-order valence-electron chi connectivity index (χ1n) is 9.87. The Morgan fingerprint density at radius 3 is 2.60 bits per heavy atom. The molecule has 1 N–H and O–H groups in total. The van der Waals surface area contributed by atoms with Crippen LogP contribution in [0.4, 0.5) is 0 Å². The van der Waals surface area contributed by atoms with Gasteiger partial charge in [-0.15, -0.1) is 0 Å². The minimum absolute atomic E-state index is 0.110. The maximum absolute atomic E-state index is 13.4. The van der Waals surface area contributed by atoms with E-state index in [4.69, 9.17) is 0 Å². The van der Waals surface area contributed by atoms with Crippen LogP contribution in [0.5, 0.6) is 0 Å². The Morgan fingerprint density at radius 1 is 1.00 bits per heavy atom. The second kappa shape index (κ2) is 8.33. The van der Waals surface area contributed by atoms with Gasteiger partial charge in [0.2, 0.25) is 0 Å². The van der Waals surface area contributed by atoms with Crippen LogP contribution in [0.25, 0.3) is 10.9 Å². The van der Waals surface area contributed by atoms with Gasteiger partial charge in [0.1, 0.15) is 0 Å². The number of fused-ring (bicyclic) bond motifs is 1. The van der Waals surface area contributed by atoms with Gasteiger partial charge in [0.25, 0.3) is 11.5 Å². The number of H-pyrrole nitrogens is 1. The number of carbonyl (C=O) groups is 1. The highest BCUT2D eigenvalue weighted by Crippen LogP contribution is 2.18. The first kappa shape index (κ1) is 19.6. The Morgan fingerprint density at radius 2 is 1.83 bits per heavy atom. The zero-order valence-corrected chi connectivity index (χ0v) is 17.1. The van der Waals surface area contributed by atoms with Crippen molar-refractivity contribution in [2.24, 2.45) is 0 Å². The average Bonchev–Trinajstić information content (AvgIpc) is 2.74. The molecule has 30 heavy (non-hydrogen) atoms. The van der Waals surface area contributed by atoms with Crippen molar-refractivity contribution in [2.75, 3.05) is 0 Å². The Kier molecular flexibility index (Phi) is 5.44. The number of aromatic amines is 1. The summed E-state index contributed by atoms with van der Waals surface area (Å²) in [7, 11) is 0. The molecule has 150 valence electrons. The van der Waals surface area contributed by atoms with Gasteiger partial charge in [0.15, 0.2) is 0 Å². The summed E-state index contributed by atoms with van der Waals surface area (Å²) in [5.41, 5.74) is 4.73. The van der Waals surface area contributed by atoms with Crippen molar-refractivity contribution in [1.29, 1.82) is 0 Å². The number of nitrogens with zero attached hydrogens (tertiary/aromatic N) is 2. The number of hydrogen-bond donors (Lipinski definition) is 1. The number of hydrogen-bond acceptors (Lipinski definition) is 3. The molecule has 2 aromatic heterocycles. The fraction of sp³-hybridized carbons (Fsp3) is 0.160. The lowest BCUT2D eigenvalue weighted by molar-refractivity contribution is 0.0728. The van der Waals surface area contributed by atoms with Gasteiger partial charge in [0, 0.05) is 35.6 Å². The van der Waals surface area contributed by atoms with E-state index in [1.54, 1.807) is 17.3 Å². The van der Waals surface area contributed by atoms with E-state index in [1.165, 1.54) is 0 Å². The van der Waals surface area contributed by atoms with Crippen molar-refractivity contribution in [3.8, 4) is 0 Å². The Balaban J connectivity index is 1.73. The van der Waals surface area contributed by atoms with Gasteiger partial charge in [-0.05, 0) is 60.7 Å². The lowest BCUT2D eigenvalue weighted by Gasteiger charge is -2.23. The van der Waals surface area contributed by atoms with E-state index >= 15 is 0 Å². The molecule has 5 nitrogen and oxygen atoms in total. The predicted molar refractivity (Wildman–Crippen MR) is 118 cm³/mol. The molecule has 0 atom stereocenters. The molecule has 0 fully saturated rings. The van der Waals surface area contributed by atoms with Crippen molar-refractivity contribution in [2.45, 2.75) is 26.9 Å². The summed E-state index contributed by atoms with van der Waals surface area (Å²) >= 11 is 0. The summed E-state index contributed by atoms with van der Waals surface area (Å²) in [4.78, 5) is 34.9. The molecule has 0 aliphatic carbocycles. The molecule has 0 saturated carbocycles. The number of benzene rings is 2. The van der Waals surface area contributed by atoms with Crippen molar-refractivity contribution in [1.82, 2.24) is 14.9 Å². The van der Waals surface area contributed by atoms with E-state index < -0.39 is 0 Å². The third-order valence-corrected chi connectivity index (χ3v) is 5.20. The topological polar surface area (TPSA) is 66.1 Å². The molecule has 0 spiro atoms. The molecular formula is C25H23N3O2. The number of aromatic nitrogens is 2. The largest absolute Gasteiger partial charge is 0.330 e. The molecule has 4 rings (SSSR count). The van der Waals surface area contributed by atoms with Gasteiger partial charge in [-0.3, -0.25) is 14.6 Å². The third kappa shape index (κ3) is 4.15. The van der Waals surface area contributed by atoms with Crippen molar-refractivity contribution < 1.29 is 4.79 Å². The van der Waals surface area contributed by atoms with E-state index in [0.717, 1.165) is 27.6 Å². The molecule has 4 aromatic rings. The summed E-state index contributed by atoms with van der Waals surface area (Å²) in [5, 5.41) is 0.953. The van der Waals surface area contributed by atoms with Gasteiger partial charge in [-0.25, -0.2) is 0 Å². The molecule has 2 heterocycles. The van der Waals surface area contributed by atoms with E-state index in [2.05, 4.69) is 9.97 Å². The van der Waals surface area contributed by atoms with Crippen molar-refractivity contribution >= 4 is 16.8 Å². The predicted octanol–water partition coefficient (Wildman–Crippen LogP) is 4.38. The lowest BCUT2D eigenvalue weighted by atomic mass is 10.1. The zero-order valence-electron chi connectivity index (χ0n) is 17.1. The fourth-order valence-corrected chi connectivity index (χ4v) is 3.59. The number of pyridine rings is 2. The summed E-state index contributed by atoms with van der Waals surface area (Å²) < 4.78 is 0. The number of nitrogens with one attached hydrogen (secondary N) is 1.